The molecule has 3 unspecified atom stereocenters. The monoisotopic (exact) mass is 496 g/mol. The first-order valence-electron chi connectivity index (χ1n) is 11.9. The van der Waals surface area contributed by atoms with E-state index >= 15 is 0 Å². The second kappa shape index (κ2) is 11.5. The SMILES string of the molecule is CCOc1ccc(/C=C/C(=O)OC2CCC3C(=O)C(c4ccc(Cl)cc4)=COC3C2)cc1OCC. The van der Waals surface area contributed by atoms with Gasteiger partial charge in [0.2, 0.25) is 0 Å². The molecule has 1 fully saturated rings. The van der Waals surface area contributed by atoms with E-state index in [2.05, 4.69) is 0 Å². The number of benzene rings is 2. The van der Waals surface area contributed by atoms with E-state index in [-0.39, 0.29) is 23.9 Å². The highest BCUT2D eigenvalue weighted by Crippen LogP contribution is 2.37. The molecule has 0 N–H and O–H groups in total. The van der Waals surface area contributed by atoms with Gasteiger partial charge in [0.05, 0.1) is 31.0 Å². The molecule has 1 aliphatic heterocycles. The zero-order chi connectivity index (χ0) is 24.8. The molecule has 4 rings (SSSR count). The zero-order valence-electron chi connectivity index (χ0n) is 19.9. The van der Waals surface area contributed by atoms with E-state index in [4.69, 9.17) is 30.5 Å². The van der Waals surface area contributed by atoms with E-state index in [0.717, 1.165) is 11.1 Å². The molecule has 184 valence electrons. The van der Waals surface area contributed by atoms with E-state index in [0.29, 0.717) is 54.6 Å². The van der Waals surface area contributed by atoms with Gasteiger partial charge in [-0.2, -0.15) is 0 Å². The van der Waals surface area contributed by atoms with E-state index in [9.17, 15) is 9.59 Å². The minimum atomic E-state index is -0.431. The maximum absolute atomic E-state index is 13.1. The third-order valence-corrected chi connectivity index (χ3v) is 6.38. The van der Waals surface area contributed by atoms with Crippen molar-refractivity contribution in [3.8, 4) is 11.5 Å². The van der Waals surface area contributed by atoms with Gasteiger partial charge in [-0.1, -0.05) is 29.8 Å². The van der Waals surface area contributed by atoms with Gasteiger partial charge in [0.1, 0.15) is 12.2 Å². The fourth-order valence-electron chi connectivity index (χ4n) is 4.44. The molecule has 1 aliphatic carbocycles. The molecule has 0 bridgehead atoms. The van der Waals surface area contributed by atoms with Crippen LogP contribution in [-0.4, -0.2) is 37.2 Å². The molecular formula is C28H29ClO6. The van der Waals surface area contributed by atoms with Crippen molar-refractivity contribution >= 4 is 35.0 Å². The van der Waals surface area contributed by atoms with Crippen LogP contribution in [0.3, 0.4) is 0 Å². The summed E-state index contributed by atoms with van der Waals surface area (Å²) in [5.74, 6) is 0.695. The molecular weight excluding hydrogens is 468 g/mol. The summed E-state index contributed by atoms with van der Waals surface area (Å²) in [4.78, 5) is 25.5. The normalized spacial score (nSPS) is 21.6. The fourth-order valence-corrected chi connectivity index (χ4v) is 4.57. The van der Waals surface area contributed by atoms with Crippen LogP contribution in [-0.2, 0) is 19.1 Å². The van der Waals surface area contributed by atoms with Crippen molar-refractivity contribution in [3.05, 3.63) is 71.0 Å². The maximum Gasteiger partial charge on any atom is 0.331 e. The van der Waals surface area contributed by atoms with Crippen LogP contribution in [0.15, 0.2) is 54.8 Å². The summed E-state index contributed by atoms with van der Waals surface area (Å²) in [7, 11) is 0. The first-order chi connectivity index (χ1) is 17.0. The number of hydrogen-bond acceptors (Lipinski definition) is 6. The number of ketones is 1. The Balaban J connectivity index is 1.35. The Hall–Kier alpha value is -3.25. The Bertz CT molecular complexity index is 1120. The van der Waals surface area contributed by atoms with Crippen LogP contribution in [0.5, 0.6) is 11.5 Å². The van der Waals surface area contributed by atoms with Gasteiger partial charge in [-0.25, -0.2) is 4.79 Å². The van der Waals surface area contributed by atoms with Crippen molar-refractivity contribution in [1.82, 2.24) is 0 Å². The van der Waals surface area contributed by atoms with Crippen molar-refractivity contribution < 1.29 is 28.5 Å². The molecule has 2 aromatic carbocycles. The summed E-state index contributed by atoms with van der Waals surface area (Å²) in [5.41, 5.74) is 2.15. The first-order valence-corrected chi connectivity index (χ1v) is 12.3. The molecule has 6 nitrogen and oxygen atoms in total. The molecule has 1 saturated carbocycles. The summed E-state index contributed by atoms with van der Waals surface area (Å²) in [6.07, 6.45) is 5.72. The number of ether oxygens (including phenoxy) is 4. The molecule has 0 saturated heterocycles. The van der Waals surface area contributed by atoms with Crippen molar-refractivity contribution in [1.29, 1.82) is 0 Å². The molecule has 0 radical (unpaired) electrons. The number of hydrogen-bond donors (Lipinski definition) is 0. The number of fused-ring (bicyclic) bond motifs is 1. The standard InChI is InChI=1S/C28H29ClO6/c1-3-32-24-13-5-18(15-26(24)33-4-2)6-14-27(30)35-21-11-12-22-25(16-21)34-17-23(28(22)31)19-7-9-20(29)10-8-19/h5-10,13-15,17,21-22,25H,3-4,11-12,16H2,1-2H3/b14-6+. The van der Waals surface area contributed by atoms with Crippen molar-refractivity contribution in [2.24, 2.45) is 5.92 Å². The molecule has 0 aromatic heterocycles. The van der Waals surface area contributed by atoms with Gasteiger partial charge >= 0.3 is 5.97 Å². The van der Waals surface area contributed by atoms with Crippen LogP contribution >= 0.6 is 11.6 Å². The van der Waals surface area contributed by atoms with E-state index in [1.54, 1.807) is 18.2 Å². The molecule has 2 aliphatic rings. The summed E-state index contributed by atoms with van der Waals surface area (Å²) >= 11 is 5.96. The number of Topliss-reactive ketones (excluding diaryl/α,β-unsaturated/α-hetero) is 1. The van der Waals surface area contributed by atoms with Crippen molar-refractivity contribution in [2.45, 2.75) is 45.3 Å². The van der Waals surface area contributed by atoms with Crippen molar-refractivity contribution in [3.63, 3.8) is 0 Å². The topological polar surface area (TPSA) is 71.1 Å². The lowest BCUT2D eigenvalue weighted by molar-refractivity contribution is -0.148. The molecule has 3 atom stereocenters. The average molecular weight is 497 g/mol. The van der Waals surface area contributed by atoms with Crippen LogP contribution in [0.1, 0.15) is 44.2 Å². The third-order valence-electron chi connectivity index (χ3n) is 6.12. The van der Waals surface area contributed by atoms with E-state index in [1.165, 1.54) is 12.3 Å². The molecule has 0 spiro atoms. The lowest BCUT2D eigenvalue weighted by atomic mass is 9.78. The Morgan fingerprint density at radius 3 is 2.54 bits per heavy atom. The smallest absolute Gasteiger partial charge is 0.331 e. The van der Waals surface area contributed by atoms with Gasteiger partial charge in [0.25, 0.3) is 0 Å². The molecule has 1 heterocycles. The Labute approximate surface area is 210 Å². The van der Waals surface area contributed by atoms with Crippen LogP contribution in [0.2, 0.25) is 5.02 Å². The summed E-state index contributed by atoms with van der Waals surface area (Å²) in [6.45, 7) is 4.87. The van der Waals surface area contributed by atoms with E-state index < -0.39 is 5.97 Å². The molecule has 0 amide bonds. The summed E-state index contributed by atoms with van der Waals surface area (Å²) in [6, 6.07) is 12.7. The minimum Gasteiger partial charge on any atom is -0.496 e. The first kappa shape index (κ1) is 24.9. The third kappa shape index (κ3) is 6.06. The average Bonchev–Trinajstić information content (AvgIpc) is 2.85. The highest BCUT2D eigenvalue weighted by molar-refractivity contribution is 6.30. The molecule has 35 heavy (non-hydrogen) atoms. The van der Waals surface area contributed by atoms with Crippen LogP contribution in [0, 0.1) is 5.92 Å². The lowest BCUT2D eigenvalue weighted by Gasteiger charge is -2.37. The van der Waals surface area contributed by atoms with Gasteiger partial charge < -0.3 is 18.9 Å². The minimum absolute atomic E-state index is 0.0637. The van der Waals surface area contributed by atoms with Crippen molar-refractivity contribution in [2.75, 3.05) is 13.2 Å². The number of esters is 1. The van der Waals surface area contributed by atoms with Gasteiger partial charge in [0, 0.05) is 17.5 Å². The van der Waals surface area contributed by atoms with Gasteiger partial charge in [-0.15, -0.1) is 0 Å². The summed E-state index contributed by atoms with van der Waals surface area (Å²) < 4.78 is 22.8. The Morgan fingerprint density at radius 1 is 1.06 bits per heavy atom. The second-order valence-corrected chi connectivity index (χ2v) is 8.90. The fraction of sp³-hybridized carbons (Fsp3) is 0.357. The lowest BCUT2D eigenvalue weighted by Crippen LogP contribution is -2.41. The van der Waals surface area contributed by atoms with E-state index in [1.807, 2.05) is 44.2 Å². The largest absolute Gasteiger partial charge is 0.496 e. The highest BCUT2D eigenvalue weighted by atomic mass is 35.5. The zero-order valence-corrected chi connectivity index (χ0v) is 20.6. The number of carbonyl (C=O) groups is 2. The van der Waals surface area contributed by atoms with Gasteiger partial charge in [0.15, 0.2) is 17.3 Å². The predicted molar refractivity (Wildman–Crippen MR) is 134 cm³/mol. The number of allylic oxidation sites excluding steroid dienone is 1. The van der Waals surface area contributed by atoms with Crippen LogP contribution in [0.4, 0.5) is 0 Å². The quantitative estimate of drug-likeness (QED) is 0.336. The molecule has 7 heteroatoms. The second-order valence-electron chi connectivity index (χ2n) is 8.46. The van der Waals surface area contributed by atoms with Crippen LogP contribution < -0.4 is 9.47 Å². The molecule has 2 aromatic rings. The highest BCUT2D eigenvalue weighted by Gasteiger charge is 2.41. The number of rotatable bonds is 8. The predicted octanol–water partition coefficient (Wildman–Crippen LogP) is 5.87. The summed E-state index contributed by atoms with van der Waals surface area (Å²) in [5, 5.41) is 0.616. The number of halogens is 1. The number of carbonyl (C=O) groups excluding carboxylic acids is 2. The van der Waals surface area contributed by atoms with Crippen LogP contribution in [0.25, 0.3) is 11.6 Å². The Morgan fingerprint density at radius 2 is 1.80 bits per heavy atom. The van der Waals surface area contributed by atoms with Gasteiger partial charge in [-0.05, 0) is 68.2 Å². The Kier molecular flexibility index (Phi) is 8.13. The van der Waals surface area contributed by atoms with Gasteiger partial charge in [-0.3, -0.25) is 4.79 Å². The maximum atomic E-state index is 13.1.